The van der Waals surface area contributed by atoms with Crippen molar-refractivity contribution in [2.75, 3.05) is 27.7 Å². The summed E-state index contributed by atoms with van der Waals surface area (Å²) >= 11 is 0. The molecule has 1 N–H and O–H groups in total. The van der Waals surface area contributed by atoms with Crippen LogP contribution in [0.4, 0.5) is 0 Å². The first kappa shape index (κ1) is 22.1. The minimum Gasteiger partial charge on any atom is -0.550 e. The molecule has 5 heteroatoms. The molecule has 0 bridgehead atoms. The molecule has 136 valence electrons. The van der Waals surface area contributed by atoms with Gasteiger partial charge in [0.1, 0.15) is 6.54 Å². The van der Waals surface area contributed by atoms with E-state index in [-0.39, 0.29) is 18.7 Å². The zero-order valence-electron chi connectivity index (χ0n) is 15.4. The summed E-state index contributed by atoms with van der Waals surface area (Å²) in [4.78, 5) is 23.2. The Kier molecular flexibility index (Phi) is 10.3. The summed E-state index contributed by atoms with van der Waals surface area (Å²) in [6, 6.07) is 0. The van der Waals surface area contributed by atoms with Gasteiger partial charge in [-0.1, -0.05) is 51.9 Å². The van der Waals surface area contributed by atoms with Gasteiger partial charge in [0, 0.05) is 18.8 Å². The fourth-order valence-electron chi connectivity index (χ4n) is 2.92. The van der Waals surface area contributed by atoms with Gasteiger partial charge in [-0.25, -0.2) is 0 Å². The summed E-state index contributed by atoms with van der Waals surface area (Å²) in [6.07, 6.45) is 8.54. The van der Waals surface area contributed by atoms with Gasteiger partial charge in [0.25, 0.3) is 0 Å². The molecule has 0 rings (SSSR count). The largest absolute Gasteiger partial charge is 0.550 e. The normalized spacial score (nSPS) is 14.5. The number of likely N-dealkylation sites (N-methyl/N-ethyl adjacent to an activating group) is 1. The number of aliphatic carboxylic acids is 1. The van der Waals surface area contributed by atoms with Gasteiger partial charge in [0.05, 0.1) is 21.1 Å². The summed E-state index contributed by atoms with van der Waals surface area (Å²) in [6.45, 7) is 2.27. The number of nitrogens with zero attached hydrogens (tertiary/aromatic N) is 1. The molecule has 0 aromatic heterocycles. The maximum Gasteiger partial charge on any atom is 0.177 e. The summed E-state index contributed by atoms with van der Waals surface area (Å²) < 4.78 is 0.326. The lowest BCUT2D eigenvalue weighted by Gasteiger charge is -2.34. The molecule has 0 aliphatic heterocycles. The average Bonchev–Trinajstić information content (AvgIpc) is 2.38. The van der Waals surface area contributed by atoms with Crippen LogP contribution in [0.1, 0.15) is 71.1 Å². The van der Waals surface area contributed by atoms with Crippen molar-refractivity contribution < 1.29 is 24.3 Å². The van der Waals surface area contributed by atoms with E-state index in [0.717, 1.165) is 12.8 Å². The first-order chi connectivity index (χ1) is 10.6. The van der Waals surface area contributed by atoms with Crippen molar-refractivity contribution in [2.24, 2.45) is 0 Å². The van der Waals surface area contributed by atoms with E-state index in [4.69, 9.17) is 0 Å². The molecule has 0 aliphatic rings. The van der Waals surface area contributed by atoms with Crippen molar-refractivity contribution in [3.8, 4) is 0 Å². The lowest BCUT2D eigenvalue weighted by Crippen LogP contribution is -2.56. The molecule has 23 heavy (non-hydrogen) atoms. The van der Waals surface area contributed by atoms with Gasteiger partial charge in [-0.3, -0.25) is 4.79 Å². The highest BCUT2D eigenvalue weighted by atomic mass is 16.4. The van der Waals surface area contributed by atoms with Crippen LogP contribution in [0, 0.1) is 0 Å². The number of carbonyl (C=O) groups excluding carboxylic acids is 2. The van der Waals surface area contributed by atoms with Crippen molar-refractivity contribution in [1.29, 1.82) is 0 Å². The SMILES string of the molecule is CCCCCCCCCCC(=O)[C@](O)(CC(=O)[O-])C[N+](C)(C)C. The molecule has 0 radical (unpaired) electrons. The highest BCUT2D eigenvalue weighted by Crippen LogP contribution is 2.19. The first-order valence-corrected chi connectivity index (χ1v) is 8.87. The molecule has 0 saturated heterocycles. The van der Waals surface area contributed by atoms with E-state index in [9.17, 15) is 19.8 Å². The number of carboxylic acids is 1. The Labute approximate surface area is 141 Å². The number of carbonyl (C=O) groups is 2. The fraction of sp³-hybridized carbons (Fsp3) is 0.889. The highest BCUT2D eigenvalue weighted by Gasteiger charge is 2.40. The molecule has 0 fully saturated rings. The molecule has 0 spiro atoms. The molecule has 5 nitrogen and oxygen atoms in total. The van der Waals surface area contributed by atoms with Gasteiger partial charge in [-0.05, 0) is 6.42 Å². The zero-order valence-corrected chi connectivity index (χ0v) is 15.4. The van der Waals surface area contributed by atoms with Gasteiger partial charge < -0.3 is 19.5 Å². The van der Waals surface area contributed by atoms with Gasteiger partial charge in [0.2, 0.25) is 0 Å². The molecule has 0 unspecified atom stereocenters. The Morgan fingerprint density at radius 1 is 0.957 bits per heavy atom. The third-order valence-corrected chi connectivity index (χ3v) is 3.95. The van der Waals surface area contributed by atoms with Crippen LogP contribution in [0.15, 0.2) is 0 Å². The molecule has 1 atom stereocenters. The maximum absolute atomic E-state index is 12.3. The molecule has 0 aromatic rings. The van der Waals surface area contributed by atoms with Crippen LogP contribution in [-0.2, 0) is 9.59 Å². The van der Waals surface area contributed by atoms with Crippen LogP contribution in [0.2, 0.25) is 0 Å². The molecule has 0 saturated carbocycles. The Hall–Kier alpha value is -0.940. The van der Waals surface area contributed by atoms with E-state index < -0.39 is 18.0 Å². The number of quaternary nitrogens is 1. The van der Waals surface area contributed by atoms with Crippen molar-refractivity contribution in [3.05, 3.63) is 0 Å². The van der Waals surface area contributed by atoms with Crippen molar-refractivity contribution in [2.45, 2.75) is 76.7 Å². The second-order valence-corrected chi connectivity index (χ2v) is 7.68. The number of aliphatic hydroxyl groups is 1. The molecule has 0 amide bonds. The Balaban J connectivity index is 4.22. The Morgan fingerprint density at radius 3 is 1.87 bits per heavy atom. The lowest BCUT2D eigenvalue weighted by atomic mass is 9.89. The number of rotatable bonds is 14. The van der Waals surface area contributed by atoms with Gasteiger partial charge in [-0.15, -0.1) is 0 Å². The van der Waals surface area contributed by atoms with E-state index in [1.807, 2.05) is 21.1 Å². The number of hydrogen-bond donors (Lipinski definition) is 1. The second-order valence-electron chi connectivity index (χ2n) is 7.68. The van der Waals surface area contributed by atoms with Crippen molar-refractivity contribution in [3.63, 3.8) is 0 Å². The predicted octanol–water partition coefficient (Wildman–Crippen LogP) is 1.66. The van der Waals surface area contributed by atoms with Crippen molar-refractivity contribution >= 4 is 11.8 Å². The standard InChI is InChI=1S/C18H35NO4/c1-5-6-7-8-9-10-11-12-13-16(20)18(23,14-17(21)22)15-19(2,3)4/h23H,5-15H2,1-4H3/t18-/m0/s1. The summed E-state index contributed by atoms with van der Waals surface area (Å²) in [7, 11) is 5.47. The van der Waals surface area contributed by atoms with E-state index in [1.165, 1.54) is 32.1 Å². The van der Waals surface area contributed by atoms with Crippen LogP contribution in [0.3, 0.4) is 0 Å². The smallest absolute Gasteiger partial charge is 0.177 e. The Bertz CT molecular complexity index is 363. The van der Waals surface area contributed by atoms with E-state index in [2.05, 4.69) is 6.92 Å². The van der Waals surface area contributed by atoms with Crippen LogP contribution in [0.25, 0.3) is 0 Å². The first-order valence-electron chi connectivity index (χ1n) is 8.87. The van der Waals surface area contributed by atoms with Crippen molar-refractivity contribution in [1.82, 2.24) is 0 Å². The van der Waals surface area contributed by atoms with Gasteiger partial charge >= 0.3 is 0 Å². The van der Waals surface area contributed by atoms with E-state index >= 15 is 0 Å². The molecular formula is C18H35NO4. The summed E-state index contributed by atoms with van der Waals surface area (Å²) in [5.41, 5.74) is -1.82. The number of carboxylic acid groups (broad SMARTS) is 1. The molecule has 0 aliphatic carbocycles. The maximum atomic E-state index is 12.3. The number of ketones is 1. The zero-order chi connectivity index (χ0) is 17.9. The van der Waals surface area contributed by atoms with Crippen LogP contribution < -0.4 is 5.11 Å². The summed E-state index contributed by atoms with van der Waals surface area (Å²) in [5.74, 6) is -1.76. The quantitative estimate of drug-likeness (QED) is 0.388. The topological polar surface area (TPSA) is 77.4 Å². The number of hydrogen-bond acceptors (Lipinski definition) is 4. The number of unbranched alkanes of at least 4 members (excludes halogenated alkanes) is 7. The lowest BCUT2D eigenvalue weighted by molar-refractivity contribution is -0.875. The van der Waals surface area contributed by atoms with Gasteiger partial charge in [-0.2, -0.15) is 0 Å². The van der Waals surface area contributed by atoms with Crippen LogP contribution in [-0.4, -0.2) is 54.6 Å². The monoisotopic (exact) mass is 329 g/mol. The third-order valence-electron chi connectivity index (χ3n) is 3.95. The Morgan fingerprint density at radius 2 is 1.43 bits per heavy atom. The van der Waals surface area contributed by atoms with Crippen LogP contribution >= 0.6 is 0 Å². The van der Waals surface area contributed by atoms with E-state index in [0.29, 0.717) is 10.9 Å². The van der Waals surface area contributed by atoms with E-state index in [1.54, 1.807) is 0 Å². The second kappa shape index (κ2) is 10.8. The molecule has 0 aromatic carbocycles. The molecule has 0 heterocycles. The van der Waals surface area contributed by atoms with Crippen LogP contribution in [0.5, 0.6) is 0 Å². The predicted molar refractivity (Wildman–Crippen MR) is 89.7 cm³/mol. The van der Waals surface area contributed by atoms with Gasteiger partial charge in [0.15, 0.2) is 11.4 Å². The minimum absolute atomic E-state index is 0.0802. The third kappa shape index (κ3) is 11.3. The number of Topliss-reactive ketones (excluding diaryl/α,β-unsaturated/α-hetero) is 1. The fourth-order valence-corrected chi connectivity index (χ4v) is 2.92. The average molecular weight is 329 g/mol. The minimum atomic E-state index is -1.82. The summed E-state index contributed by atoms with van der Waals surface area (Å²) in [5, 5.41) is 21.4. The highest BCUT2D eigenvalue weighted by molar-refractivity contribution is 5.90. The molecular weight excluding hydrogens is 294 g/mol.